The van der Waals surface area contributed by atoms with Crippen molar-refractivity contribution in [2.45, 2.75) is 0 Å². The van der Waals surface area contributed by atoms with Gasteiger partial charge in [0.1, 0.15) is 11.4 Å². The molecule has 0 unspecified atom stereocenters. The van der Waals surface area contributed by atoms with Gasteiger partial charge in [-0.05, 0) is 6.07 Å². The lowest BCUT2D eigenvalue weighted by atomic mass is 10.0. The molecule has 0 aliphatic heterocycles. The molecule has 27 heavy (non-hydrogen) atoms. The molecule has 4 rings (SSSR count). The van der Waals surface area contributed by atoms with Gasteiger partial charge in [0.25, 0.3) is 5.95 Å². The summed E-state index contributed by atoms with van der Waals surface area (Å²) in [6, 6.07) is 23.6. The average molecular weight is 352 g/mol. The highest BCUT2D eigenvalue weighted by molar-refractivity contribution is 5.80. The third kappa shape index (κ3) is 4.01. The normalized spacial score (nSPS) is 10.8. The fourth-order valence-electron chi connectivity index (χ4n) is 2.58. The van der Waals surface area contributed by atoms with Crippen molar-refractivity contribution in [3.05, 3.63) is 90.8 Å². The van der Waals surface area contributed by atoms with Crippen LogP contribution in [0, 0.1) is 0 Å². The Morgan fingerprint density at radius 1 is 0.741 bits per heavy atom. The van der Waals surface area contributed by atoms with Crippen molar-refractivity contribution in [1.29, 1.82) is 0 Å². The second-order valence-corrected chi connectivity index (χ2v) is 5.72. The predicted octanol–water partition coefficient (Wildman–Crippen LogP) is 4.05. The van der Waals surface area contributed by atoms with E-state index in [9.17, 15) is 0 Å². The zero-order valence-corrected chi connectivity index (χ0v) is 14.4. The summed E-state index contributed by atoms with van der Waals surface area (Å²) in [6.07, 6.45) is 5.09. The quantitative estimate of drug-likeness (QED) is 0.433. The Morgan fingerprint density at radius 3 is 2.11 bits per heavy atom. The third-order valence-electron chi connectivity index (χ3n) is 3.84. The molecule has 0 spiro atoms. The first-order chi connectivity index (χ1) is 13.4. The van der Waals surface area contributed by atoms with Crippen molar-refractivity contribution in [3.63, 3.8) is 0 Å². The fourth-order valence-corrected chi connectivity index (χ4v) is 2.58. The lowest BCUT2D eigenvalue weighted by Crippen LogP contribution is -2.03. The number of anilines is 1. The summed E-state index contributed by atoms with van der Waals surface area (Å²) >= 11 is 0. The molecule has 0 bridgehead atoms. The van der Waals surface area contributed by atoms with Gasteiger partial charge in [-0.25, -0.2) is 10.4 Å². The van der Waals surface area contributed by atoms with Crippen molar-refractivity contribution in [2.24, 2.45) is 5.10 Å². The molecule has 0 fully saturated rings. The molecule has 0 radical (unpaired) electrons. The van der Waals surface area contributed by atoms with Crippen molar-refractivity contribution in [1.82, 2.24) is 20.2 Å². The molecular formula is C21H16N6. The topological polar surface area (TPSA) is 76.0 Å². The lowest BCUT2D eigenvalue weighted by molar-refractivity contribution is 0.973. The van der Waals surface area contributed by atoms with Crippen LogP contribution in [0.1, 0.15) is 5.56 Å². The van der Waals surface area contributed by atoms with E-state index in [0.717, 1.165) is 28.1 Å². The van der Waals surface area contributed by atoms with Crippen LogP contribution in [0.15, 0.2) is 90.3 Å². The van der Waals surface area contributed by atoms with Crippen LogP contribution in [0.3, 0.4) is 0 Å². The molecule has 4 aromatic rings. The molecule has 2 heterocycles. The maximum atomic E-state index is 4.64. The molecule has 1 N–H and O–H groups in total. The van der Waals surface area contributed by atoms with E-state index >= 15 is 0 Å². The number of rotatable bonds is 5. The van der Waals surface area contributed by atoms with Gasteiger partial charge >= 0.3 is 0 Å². The number of hydrogen-bond acceptors (Lipinski definition) is 6. The Balaban J connectivity index is 1.68. The Labute approximate surface area is 156 Å². The van der Waals surface area contributed by atoms with Crippen LogP contribution < -0.4 is 5.43 Å². The number of pyridine rings is 1. The first kappa shape index (κ1) is 16.5. The summed E-state index contributed by atoms with van der Waals surface area (Å²) < 4.78 is 0. The molecule has 0 aliphatic rings. The minimum atomic E-state index is 0.327. The van der Waals surface area contributed by atoms with Crippen molar-refractivity contribution in [2.75, 3.05) is 5.43 Å². The van der Waals surface area contributed by atoms with Gasteiger partial charge < -0.3 is 0 Å². The number of hydrazone groups is 1. The molecule has 0 saturated heterocycles. The van der Waals surface area contributed by atoms with E-state index in [1.165, 1.54) is 0 Å². The van der Waals surface area contributed by atoms with Crippen LogP contribution in [0.2, 0.25) is 0 Å². The maximum Gasteiger partial charge on any atom is 0.263 e. The van der Waals surface area contributed by atoms with E-state index in [4.69, 9.17) is 0 Å². The molecule has 6 heteroatoms. The van der Waals surface area contributed by atoms with Crippen molar-refractivity contribution >= 4 is 12.2 Å². The molecular weight excluding hydrogens is 336 g/mol. The molecule has 6 nitrogen and oxygen atoms in total. The predicted molar refractivity (Wildman–Crippen MR) is 106 cm³/mol. The largest absolute Gasteiger partial charge is 0.264 e. The summed E-state index contributed by atoms with van der Waals surface area (Å²) in [5.41, 5.74) is 7.11. The first-order valence-electron chi connectivity index (χ1n) is 8.45. The average Bonchev–Trinajstić information content (AvgIpc) is 2.76. The van der Waals surface area contributed by atoms with Gasteiger partial charge in [-0.1, -0.05) is 66.7 Å². The monoisotopic (exact) mass is 352 g/mol. The minimum Gasteiger partial charge on any atom is -0.264 e. The van der Waals surface area contributed by atoms with E-state index in [2.05, 4.69) is 30.7 Å². The summed E-state index contributed by atoms with van der Waals surface area (Å²) in [7, 11) is 0. The Bertz CT molecular complexity index is 1030. The molecule has 0 saturated carbocycles. The zero-order chi connectivity index (χ0) is 18.3. The molecule has 130 valence electrons. The fraction of sp³-hybridized carbons (Fsp3) is 0. The van der Waals surface area contributed by atoms with E-state index in [1.54, 1.807) is 18.6 Å². The van der Waals surface area contributed by atoms with Gasteiger partial charge in [-0.3, -0.25) is 4.98 Å². The number of aromatic nitrogens is 4. The first-order valence-corrected chi connectivity index (χ1v) is 8.45. The van der Waals surface area contributed by atoms with Gasteiger partial charge in [-0.15, -0.1) is 10.2 Å². The second-order valence-electron chi connectivity index (χ2n) is 5.72. The summed E-state index contributed by atoms with van der Waals surface area (Å²) in [4.78, 5) is 8.68. The van der Waals surface area contributed by atoms with E-state index in [1.807, 2.05) is 72.8 Å². The zero-order valence-electron chi connectivity index (χ0n) is 14.4. The third-order valence-corrected chi connectivity index (χ3v) is 3.84. The summed E-state index contributed by atoms with van der Waals surface area (Å²) in [5.74, 6) is 0.327. The van der Waals surface area contributed by atoms with Gasteiger partial charge in [-0.2, -0.15) is 5.10 Å². The van der Waals surface area contributed by atoms with Crippen LogP contribution in [-0.2, 0) is 0 Å². The highest BCUT2D eigenvalue weighted by atomic mass is 15.4. The Hall–Kier alpha value is -3.93. The Morgan fingerprint density at radius 2 is 1.44 bits per heavy atom. The lowest BCUT2D eigenvalue weighted by Gasteiger charge is -2.09. The number of nitrogens with one attached hydrogen (secondary N) is 1. The van der Waals surface area contributed by atoms with Gasteiger partial charge in [0.05, 0.1) is 6.21 Å². The van der Waals surface area contributed by atoms with Crippen LogP contribution in [0.5, 0.6) is 0 Å². The standard InChI is InChI=1S/C21H16N6/c1-3-9-17(10-4-1)19-20(18-11-5-2-6-12-18)25-27-21(24-19)26-23-15-16-8-7-13-22-14-16/h1-15H,(H,24,26,27)/b23-15+. The molecule has 0 aliphatic carbocycles. The highest BCUT2D eigenvalue weighted by Crippen LogP contribution is 2.28. The van der Waals surface area contributed by atoms with Gasteiger partial charge in [0, 0.05) is 29.1 Å². The summed E-state index contributed by atoms with van der Waals surface area (Å²) in [5, 5.41) is 12.7. The van der Waals surface area contributed by atoms with Gasteiger partial charge in [0.15, 0.2) is 0 Å². The SMILES string of the molecule is C(=N\Nc1nnc(-c2ccccc2)c(-c2ccccc2)n1)/c1cccnc1. The van der Waals surface area contributed by atoms with Crippen LogP contribution in [0.25, 0.3) is 22.5 Å². The molecule has 2 aromatic heterocycles. The number of benzene rings is 2. The minimum absolute atomic E-state index is 0.327. The second kappa shape index (κ2) is 7.97. The van der Waals surface area contributed by atoms with Crippen molar-refractivity contribution in [3.8, 4) is 22.5 Å². The maximum absolute atomic E-state index is 4.64. The molecule has 2 aromatic carbocycles. The van der Waals surface area contributed by atoms with Crippen LogP contribution in [-0.4, -0.2) is 26.4 Å². The number of nitrogens with zero attached hydrogens (tertiary/aromatic N) is 5. The number of hydrogen-bond donors (Lipinski definition) is 1. The molecule has 0 atom stereocenters. The van der Waals surface area contributed by atoms with Gasteiger partial charge in [0.2, 0.25) is 0 Å². The van der Waals surface area contributed by atoms with E-state index in [0.29, 0.717) is 5.95 Å². The van der Waals surface area contributed by atoms with Crippen LogP contribution in [0.4, 0.5) is 5.95 Å². The molecule has 0 amide bonds. The van der Waals surface area contributed by atoms with E-state index < -0.39 is 0 Å². The van der Waals surface area contributed by atoms with Crippen molar-refractivity contribution < 1.29 is 0 Å². The highest BCUT2D eigenvalue weighted by Gasteiger charge is 2.13. The Kier molecular flexibility index (Phi) is 4.88. The van der Waals surface area contributed by atoms with Crippen LogP contribution >= 0.6 is 0 Å². The van der Waals surface area contributed by atoms with E-state index in [-0.39, 0.29) is 0 Å². The smallest absolute Gasteiger partial charge is 0.263 e. The summed E-state index contributed by atoms with van der Waals surface area (Å²) in [6.45, 7) is 0.